The van der Waals surface area contributed by atoms with Crippen LogP contribution < -0.4 is 10.1 Å². The van der Waals surface area contributed by atoms with Gasteiger partial charge in [-0.2, -0.15) is 0 Å². The Morgan fingerprint density at radius 2 is 1.97 bits per heavy atom. The number of rotatable bonds is 3. The highest BCUT2D eigenvalue weighted by Gasteiger charge is 2.28. The molecule has 6 rings (SSSR count). The van der Waals surface area contributed by atoms with Crippen molar-refractivity contribution >= 4 is 16.9 Å². The fourth-order valence-electron chi connectivity index (χ4n) is 4.88. The van der Waals surface area contributed by atoms with Crippen LogP contribution in [0, 0.1) is 32.0 Å². The van der Waals surface area contributed by atoms with E-state index in [2.05, 4.69) is 36.2 Å². The van der Waals surface area contributed by atoms with Gasteiger partial charge in [0.25, 0.3) is 0 Å². The molecule has 1 aromatic carbocycles. The number of aromatic nitrogens is 6. The minimum absolute atomic E-state index is 0.0689. The summed E-state index contributed by atoms with van der Waals surface area (Å²) in [6, 6.07) is 7.22. The molecule has 9 heteroatoms. The van der Waals surface area contributed by atoms with Crippen molar-refractivity contribution in [3.63, 3.8) is 0 Å². The van der Waals surface area contributed by atoms with Crippen LogP contribution in [-0.2, 0) is 13.5 Å². The third kappa shape index (κ3) is 3.65. The summed E-state index contributed by atoms with van der Waals surface area (Å²) in [4.78, 5) is 21.9. The van der Waals surface area contributed by atoms with E-state index in [0.29, 0.717) is 30.0 Å². The molecule has 0 saturated carbocycles. The highest BCUT2D eigenvalue weighted by Crippen LogP contribution is 2.46. The van der Waals surface area contributed by atoms with E-state index in [0.717, 1.165) is 44.7 Å². The Morgan fingerprint density at radius 1 is 1.11 bits per heavy atom. The second-order valence-corrected chi connectivity index (χ2v) is 8.90. The summed E-state index contributed by atoms with van der Waals surface area (Å²) >= 11 is 0. The van der Waals surface area contributed by atoms with Gasteiger partial charge in [-0.1, -0.05) is 12.0 Å². The number of benzene rings is 1. The first kappa shape index (κ1) is 22.6. The van der Waals surface area contributed by atoms with Crippen LogP contribution in [0.2, 0.25) is 0 Å². The van der Waals surface area contributed by atoms with Gasteiger partial charge >= 0.3 is 6.01 Å². The highest BCUT2D eigenvalue weighted by molar-refractivity contribution is 6.09. The standard InChI is InChI=1S/C28H22FN7O/c1-5-17-12-15(2)20(13-32-17)25-22-18-6-7-21(37-28-31-10-8-16(3)35-28)24(29)19(18)9-11-30-26-23(22)27(36(25)4)34-14-33-26/h1,6-8,10,12-14H,9,11H2,2-4H3,(H,30,33,34). The molecule has 4 aromatic heterocycles. The number of fused-ring (bicyclic) bond motifs is 2. The third-order valence-corrected chi connectivity index (χ3v) is 6.60. The molecule has 182 valence electrons. The van der Waals surface area contributed by atoms with Gasteiger partial charge in [0, 0.05) is 48.4 Å². The zero-order valence-electron chi connectivity index (χ0n) is 20.5. The monoisotopic (exact) mass is 491 g/mol. The quantitative estimate of drug-likeness (QED) is 0.356. The first-order valence-electron chi connectivity index (χ1n) is 11.8. The fraction of sp³-hybridized carbons (Fsp3) is 0.179. The minimum Gasteiger partial charge on any atom is -0.421 e. The number of nitrogens with zero attached hydrogens (tertiary/aromatic N) is 6. The summed E-state index contributed by atoms with van der Waals surface area (Å²) < 4.78 is 23.8. The van der Waals surface area contributed by atoms with Crippen LogP contribution >= 0.6 is 0 Å². The fourth-order valence-corrected chi connectivity index (χ4v) is 4.88. The second kappa shape index (κ2) is 8.68. The first-order valence-corrected chi connectivity index (χ1v) is 11.8. The zero-order chi connectivity index (χ0) is 25.7. The number of terminal acetylenes is 1. The molecule has 0 saturated heterocycles. The number of hydrogen-bond donors (Lipinski definition) is 1. The maximum absolute atomic E-state index is 16.1. The summed E-state index contributed by atoms with van der Waals surface area (Å²) in [5.41, 5.74) is 6.78. The molecule has 0 amide bonds. The Labute approximate surface area is 212 Å². The van der Waals surface area contributed by atoms with Gasteiger partial charge in [-0.3, -0.25) is 0 Å². The highest BCUT2D eigenvalue weighted by atomic mass is 19.1. The summed E-state index contributed by atoms with van der Waals surface area (Å²) in [5.74, 6) is 2.90. The molecule has 0 spiro atoms. The number of anilines is 1. The Morgan fingerprint density at radius 3 is 2.76 bits per heavy atom. The van der Waals surface area contributed by atoms with Gasteiger partial charge in [-0.15, -0.1) is 6.42 Å². The molecule has 1 aliphatic rings. The number of aryl methyl sites for hydroxylation is 3. The Bertz CT molecular complexity index is 1750. The molecule has 8 nitrogen and oxygen atoms in total. The lowest BCUT2D eigenvalue weighted by atomic mass is 9.91. The van der Waals surface area contributed by atoms with E-state index in [9.17, 15) is 0 Å². The van der Waals surface area contributed by atoms with E-state index in [1.165, 1.54) is 6.33 Å². The number of ether oxygens (including phenoxy) is 1. The summed E-state index contributed by atoms with van der Waals surface area (Å²) in [6.45, 7) is 4.30. The zero-order valence-corrected chi connectivity index (χ0v) is 20.5. The van der Waals surface area contributed by atoms with Crippen LogP contribution in [0.25, 0.3) is 33.4 Å². The lowest BCUT2D eigenvalue weighted by molar-refractivity contribution is 0.407. The number of halogens is 1. The van der Waals surface area contributed by atoms with Crippen molar-refractivity contribution in [2.75, 3.05) is 11.9 Å². The van der Waals surface area contributed by atoms with Gasteiger partial charge in [-0.05, 0) is 49.6 Å². The largest absolute Gasteiger partial charge is 0.421 e. The van der Waals surface area contributed by atoms with E-state index in [4.69, 9.17) is 11.2 Å². The van der Waals surface area contributed by atoms with E-state index in [1.54, 1.807) is 24.5 Å². The average molecular weight is 492 g/mol. The van der Waals surface area contributed by atoms with E-state index < -0.39 is 5.82 Å². The SMILES string of the molecule is C#Cc1cc(C)c(-c2c3c4c(ncnc4n2C)NCCc2c-3ccc(Oc3nccc(C)n3)c2F)cn1. The van der Waals surface area contributed by atoms with Crippen molar-refractivity contribution in [2.24, 2.45) is 7.05 Å². The molecule has 0 radical (unpaired) electrons. The molecule has 0 unspecified atom stereocenters. The molecular weight excluding hydrogens is 469 g/mol. The lowest BCUT2D eigenvalue weighted by Crippen LogP contribution is -2.12. The second-order valence-electron chi connectivity index (χ2n) is 8.90. The summed E-state index contributed by atoms with van der Waals surface area (Å²) in [6.07, 6.45) is 10.9. The summed E-state index contributed by atoms with van der Waals surface area (Å²) in [7, 11) is 1.94. The van der Waals surface area contributed by atoms with Crippen LogP contribution in [0.5, 0.6) is 11.8 Å². The van der Waals surface area contributed by atoms with Gasteiger partial charge in [-0.25, -0.2) is 29.3 Å². The van der Waals surface area contributed by atoms with Crippen LogP contribution in [-0.4, -0.2) is 36.0 Å². The maximum Gasteiger partial charge on any atom is 0.322 e. The van der Waals surface area contributed by atoms with Gasteiger partial charge in [0.2, 0.25) is 0 Å². The Hall–Kier alpha value is -4.84. The first-order chi connectivity index (χ1) is 18.0. The van der Waals surface area contributed by atoms with Crippen LogP contribution in [0.3, 0.4) is 0 Å². The van der Waals surface area contributed by atoms with Crippen molar-refractivity contribution in [1.82, 2.24) is 29.5 Å². The topological polar surface area (TPSA) is 90.6 Å². The Balaban J connectivity index is 1.62. The molecular formula is C28H22FN7O. The third-order valence-electron chi connectivity index (χ3n) is 6.60. The average Bonchev–Trinajstić information content (AvgIpc) is 3.17. The molecule has 5 aromatic rings. The molecule has 0 aliphatic carbocycles. The number of pyridine rings is 1. The number of hydrogen-bond acceptors (Lipinski definition) is 7. The van der Waals surface area contributed by atoms with Crippen LogP contribution in [0.1, 0.15) is 22.5 Å². The van der Waals surface area contributed by atoms with Gasteiger partial charge in [0.1, 0.15) is 23.5 Å². The molecule has 0 bridgehead atoms. The molecule has 1 N–H and O–H groups in total. The van der Waals surface area contributed by atoms with Gasteiger partial charge in [0.05, 0.1) is 11.1 Å². The lowest BCUT2D eigenvalue weighted by Gasteiger charge is -2.19. The van der Waals surface area contributed by atoms with Crippen molar-refractivity contribution in [3.05, 3.63) is 71.3 Å². The summed E-state index contributed by atoms with van der Waals surface area (Å²) in [5, 5.41) is 4.18. The van der Waals surface area contributed by atoms with Crippen molar-refractivity contribution < 1.29 is 9.13 Å². The van der Waals surface area contributed by atoms with Gasteiger partial charge in [0.15, 0.2) is 11.6 Å². The Kier molecular flexibility index (Phi) is 5.30. The van der Waals surface area contributed by atoms with Crippen LogP contribution in [0.4, 0.5) is 10.2 Å². The predicted molar refractivity (Wildman–Crippen MR) is 139 cm³/mol. The maximum atomic E-state index is 16.1. The molecule has 0 atom stereocenters. The van der Waals surface area contributed by atoms with Crippen molar-refractivity contribution in [1.29, 1.82) is 0 Å². The normalized spacial score (nSPS) is 12.3. The minimum atomic E-state index is -0.454. The van der Waals surface area contributed by atoms with Crippen LogP contribution in [0.15, 0.2) is 43.0 Å². The van der Waals surface area contributed by atoms with Gasteiger partial charge < -0.3 is 14.6 Å². The molecule has 1 aliphatic heterocycles. The van der Waals surface area contributed by atoms with E-state index in [-0.39, 0.29) is 11.8 Å². The molecule has 5 heterocycles. The van der Waals surface area contributed by atoms with Crippen molar-refractivity contribution in [2.45, 2.75) is 20.3 Å². The smallest absolute Gasteiger partial charge is 0.322 e. The number of nitrogens with one attached hydrogen (secondary N) is 1. The van der Waals surface area contributed by atoms with Crippen molar-refractivity contribution in [3.8, 4) is 46.5 Å². The molecule has 0 fully saturated rings. The predicted octanol–water partition coefficient (Wildman–Crippen LogP) is 4.98. The molecule has 37 heavy (non-hydrogen) atoms. The van der Waals surface area contributed by atoms with E-state index >= 15 is 4.39 Å². The van der Waals surface area contributed by atoms with E-state index in [1.807, 2.05) is 37.6 Å².